The molecule has 0 aliphatic heterocycles. The van der Waals surface area contributed by atoms with Crippen molar-refractivity contribution >= 4 is 50.1 Å². The normalized spacial score (nSPS) is 10.9. The molecule has 0 heterocycles. The van der Waals surface area contributed by atoms with Crippen molar-refractivity contribution in [2.45, 2.75) is 32.7 Å². The fraction of sp³-hybridized carbons (Fsp3) is 0.375. The number of hydrogen-bond acceptors (Lipinski definition) is 1. The number of fused-ring (bicyclic) bond motifs is 1. The molecule has 0 N–H and O–H groups in total. The Hall–Kier alpha value is -0.586. The van der Waals surface area contributed by atoms with Gasteiger partial charge in [0.05, 0.1) is 0 Å². The van der Waals surface area contributed by atoms with Gasteiger partial charge in [-0.3, -0.25) is 0 Å². The van der Waals surface area contributed by atoms with Crippen molar-refractivity contribution in [3.63, 3.8) is 0 Å². The molecular weight excluding hydrogens is 342 g/mol. The number of rotatable bonds is 2. The zero-order chi connectivity index (χ0) is 15.3. The van der Waals surface area contributed by atoms with E-state index >= 15 is 0 Å². The van der Waals surface area contributed by atoms with Crippen LogP contribution in [0.15, 0.2) is 40.9 Å². The third-order valence-electron chi connectivity index (χ3n) is 3.21. The molecule has 0 aromatic heterocycles. The maximum atomic E-state index is 3.62. The summed E-state index contributed by atoms with van der Waals surface area (Å²) in [5, 5.41) is 2.61. The average Bonchev–Trinajstić information content (AvgIpc) is 2.38. The molecular formula is C16H24BrNSi2. The van der Waals surface area contributed by atoms with Gasteiger partial charge in [-0.15, -0.1) is 0 Å². The lowest BCUT2D eigenvalue weighted by molar-refractivity contribution is 1.26. The quantitative estimate of drug-likeness (QED) is 0.620. The molecule has 0 bridgehead atoms. The van der Waals surface area contributed by atoms with E-state index in [2.05, 4.69) is 96.7 Å². The smallest absolute Gasteiger partial charge is 0.147 e. The van der Waals surface area contributed by atoms with Gasteiger partial charge in [-0.05, 0) is 24.6 Å². The summed E-state index contributed by atoms with van der Waals surface area (Å²) in [6.07, 6.45) is 0. The van der Waals surface area contributed by atoms with Gasteiger partial charge < -0.3 is 4.57 Å². The maximum Gasteiger partial charge on any atom is 0.147 e. The molecule has 2 rings (SSSR count). The van der Waals surface area contributed by atoms with Crippen LogP contribution in [-0.2, 0) is 0 Å². The fourth-order valence-corrected chi connectivity index (χ4v) is 3.32. The van der Waals surface area contributed by atoms with Gasteiger partial charge >= 0.3 is 0 Å². The summed E-state index contributed by atoms with van der Waals surface area (Å²) in [7, 11) is 1.98. The van der Waals surface area contributed by atoms with Crippen molar-refractivity contribution in [1.29, 1.82) is 0 Å². The van der Waals surface area contributed by atoms with E-state index in [1.54, 1.807) is 0 Å². The van der Waals surface area contributed by atoms with Crippen LogP contribution in [0.1, 0.15) is 0 Å². The van der Waals surface area contributed by atoms with Gasteiger partial charge in [0.25, 0.3) is 0 Å². The first kappa shape index (κ1) is 17.5. The van der Waals surface area contributed by atoms with Crippen LogP contribution < -0.4 is 4.57 Å². The van der Waals surface area contributed by atoms with Crippen LogP contribution in [0.5, 0.6) is 0 Å². The summed E-state index contributed by atoms with van der Waals surface area (Å²) >= 11 is 3.62. The van der Waals surface area contributed by atoms with Crippen molar-refractivity contribution in [3.8, 4) is 0 Å². The topological polar surface area (TPSA) is 3.24 Å². The molecule has 0 saturated carbocycles. The van der Waals surface area contributed by atoms with Crippen LogP contribution in [0.4, 0.5) is 5.69 Å². The molecule has 1 nitrogen and oxygen atoms in total. The Bertz CT molecular complexity index is 564. The molecule has 108 valence electrons. The Morgan fingerprint density at radius 2 is 1.45 bits per heavy atom. The predicted molar refractivity (Wildman–Crippen MR) is 101 cm³/mol. The lowest BCUT2D eigenvalue weighted by Gasteiger charge is -2.33. The summed E-state index contributed by atoms with van der Waals surface area (Å²) in [5.74, 6) is 0. The molecule has 20 heavy (non-hydrogen) atoms. The second-order valence-electron chi connectivity index (χ2n) is 5.84. The molecule has 0 aliphatic carbocycles. The molecule has 0 atom stereocenters. The highest BCUT2D eigenvalue weighted by atomic mass is 79.9. The molecule has 2 radical (unpaired) electrons. The van der Waals surface area contributed by atoms with Crippen LogP contribution in [0, 0.1) is 0 Å². The van der Waals surface area contributed by atoms with Gasteiger partial charge in [-0.25, -0.2) is 0 Å². The second-order valence-corrected chi connectivity index (χ2v) is 12.7. The Balaban J connectivity index is 0.000000612. The summed E-state index contributed by atoms with van der Waals surface area (Å²) in [5.41, 5.74) is 1.34. The first-order valence-electron chi connectivity index (χ1n) is 6.82. The van der Waals surface area contributed by atoms with E-state index in [9.17, 15) is 0 Å². The van der Waals surface area contributed by atoms with Gasteiger partial charge in [0.1, 0.15) is 8.24 Å². The van der Waals surface area contributed by atoms with Crippen LogP contribution in [0.2, 0.25) is 32.7 Å². The number of nitrogens with zero attached hydrogens (tertiary/aromatic N) is 1. The molecule has 0 saturated heterocycles. The van der Waals surface area contributed by atoms with Crippen molar-refractivity contribution in [2.75, 3.05) is 11.6 Å². The minimum absolute atomic E-state index is 1.08. The maximum absolute atomic E-state index is 3.62. The number of halogens is 1. The van der Waals surface area contributed by atoms with Crippen LogP contribution in [0.3, 0.4) is 0 Å². The average molecular weight is 366 g/mol. The van der Waals surface area contributed by atoms with Gasteiger partial charge in [-0.2, -0.15) is 0 Å². The SMILES string of the molecule is CN(c1cccc2c(Br)cccc12)[Si](C)(C)C.C[Si]C. The minimum atomic E-state index is -1.32. The van der Waals surface area contributed by atoms with Crippen molar-refractivity contribution < 1.29 is 0 Å². The third kappa shape index (κ3) is 4.20. The molecule has 0 fully saturated rings. The van der Waals surface area contributed by atoms with E-state index in [0.29, 0.717) is 0 Å². The number of hydrogen-bond donors (Lipinski definition) is 0. The highest BCUT2D eigenvalue weighted by molar-refractivity contribution is 9.10. The third-order valence-corrected chi connectivity index (χ3v) is 6.16. The minimum Gasteiger partial charge on any atom is -0.400 e. The zero-order valence-corrected chi connectivity index (χ0v) is 16.9. The van der Waals surface area contributed by atoms with Gasteiger partial charge in [0.15, 0.2) is 0 Å². The molecule has 2 aromatic carbocycles. The molecule has 2 aromatic rings. The predicted octanol–water partition coefficient (Wildman–Crippen LogP) is 5.66. The van der Waals surface area contributed by atoms with Gasteiger partial charge in [0.2, 0.25) is 0 Å². The van der Waals surface area contributed by atoms with E-state index < -0.39 is 8.24 Å². The lowest BCUT2D eigenvalue weighted by Crippen LogP contribution is -2.43. The molecule has 0 spiro atoms. The van der Waals surface area contributed by atoms with Crippen LogP contribution in [-0.4, -0.2) is 24.8 Å². The highest BCUT2D eigenvalue weighted by Crippen LogP contribution is 2.32. The van der Waals surface area contributed by atoms with Crippen molar-refractivity contribution in [3.05, 3.63) is 40.9 Å². The van der Waals surface area contributed by atoms with Crippen LogP contribution in [0.25, 0.3) is 10.8 Å². The van der Waals surface area contributed by atoms with E-state index in [0.717, 1.165) is 9.52 Å². The standard InChI is InChI=1S/C14H18BrNSi.C2H6Si/c1-16(17(2,3)4)14-10-6-7-11-12(14)8-5-9-13(11)15;1-3-2/h5-10H,1-4H3;1-2H3. The first-order chi connectivity index (χ1) is 9.32. The van der Waals surface area contributed by atoms with Gasteiger partial charge in [-0.1, -0.05) is 72.9 Å². The number of benzene rings is 2. The highest BCUT2D eigenvalue weighted by Gasteiger charge is 2.21. The largest absolute Gasteiger partial charge is 0.400 e. The zero-order valence-electron chi connectivity index (χ0n) is 13.3. The Morgan fingerprint density at radius 3 is 2.00 bits per heavy atom. The van der Waals surface area contributed by atoms with E-state index in [1.165, 1.54) is 20.9 Å². The molecule has 0 aliphatic rings. The Kier molecular flexibility index (Phi) is 6.49. The lowest BCUT2D eigenvalue weighted by atomic mass is 10.1. The summed E-state index contributed by atoms with van der Waals surface area (Å²) in [6.45, 7) is 11.4. The van der Waals surface area contributed by atoms with Crippen LogP contribution >= 0.6 is 15.9 Å². The first-order valence-corrected chi connectivity index (χ1v) is 13.1. The fourth-order valence-electron chi connectivity index (χ4n) is 1.91. The summed E-state index contributed by atoms with van der Waals surface area (Å²) in [6, 6.07) is 12.9. The van der Waals surface area contributed by atoms with E-state index in [1.807, 2.05) is 0 Å². The number of anilines is 1. The Labute approximate surface area is 135 Å². The second kappa shape index (κ2) is 7.43. The monoisotopic (exact) mass is 365 g/mol. The van der Waals surface area contributed by atoms with Crippen molar-refractivity contribution in [1.82, 2.24) is 0 Å². The van der Waals surface area contributed by atoms with Crippen molar-refractivity contribution in [2.24, 2.45) is 0 Å². The van der Waals surface area contributed by atoms with E-state index in [4.69, 9.17) is 0 Å². The molecule has 0 amide bonds. The van der Waals surface area contributed by atoms with E-state index in [-0.39, 0.29) is 0 Å². The molecule has 4 heteroatoms. The summed E-state index contributed by atoms with van der Waals surface area (Å²) in [4.78, 5) is 0. The van der Waals surface area contributed by atoms with Gasteiger partial charge in [0, 0.05) is 25.1 Å². The summed E-state index contributed by atoms with van der Waals surface area (Å²) < 4.78 is 3.63. The Morgan fingerprint density at radius 1 is 0.950 bits per heavy atom. The molecule has 0 unspecified atom stereocenters.